The maximum absolute atomic E-state index is 11.7. The highest BCUT2D eigenvalue weighted by Crippen LogP contribution is 2.07. The van der Waals surface area contributed by atoms with Gasteiger partial charge in [0.2, 0.25) is 0 Å². The molecule has 0 amide bonds. The summed E-state index contributed by atoms with van der Waals surface area (Å²) in [6.07, 6.45) is 6.17. The first-order chi connectivity index (χ1) is 10.6. The van der Waals surface area contributed by atoms with Crippen molar-refractivity contribution >= 4 is 17.9 Å². The number of likely N-dealkylation sites (N-methyl/N-ethyl adjacent to an activating group) is 1. The fourth-order valence-electron chi connectivity index (χ4n) is 1.82. The number of hydrogen-bond acceptors (Lipinski definition) is 4. The zero-order chi connectivity index (χ0) is 17.9. The van der Waals surface area contributed by atoms with Gasteiger partial charge in [0.05, 0.1) is 34.0 Å². The normalized spacial score (nSPS) is 13.3. The van der Waals surface area contributed by atoms with Crippen LogP contribution in [-0.4, -0.2) is 66.4 Å². The van der Waals surface area contributed by atoms with Crippen LogP contribution in [0.3, 0.4) is 0 Å². The maximum atomic E-state index is 11.7. The number of carbonyl (C=O) groups excluding carboxylic acids is 1. The van der Waals surface area contributed by atoms with E-state index in [0.717, 1.165) is 0 Å². The van der Waals surface area contributed by atoms with Crippen molar-refractivity contribution in [3.05, 3.63) is 24.3 Å². The van der Waals surface area contributed by atoms with Crippen molar-refractivity contribution in [3.63, 3.8) is 0 Å². The van der Waals surface area contributed by atoms with Gasteiger partial charge in [0, 0.05) is 6.42 Å². The van der Waals surface area contributed by atoms with Crippen LogP contribution in [0.25, 0.3) is 0 Å². The molecule has 0 radical (unpaired) electrons. The van der Waals surface area contributed by atoms with Gasteiger partial charge in [-0.2, -0.15) is 0 Å². The lowest BCUT2D eigenvalue weighted by molar-refractivity contribution is -0.873. The molecule has 1 unspecified atom stereocenters. The van der Waals surface area contributed by atoms with Crippen LogP contribution in [0.4, 0.5) is 0 Å². The lowest BCUT2D eigenvalue weighted by Gasteiger charge is -2.28. The van der Waals surface area contributed by atoms with E-state index >= 15 is 0 Å². The number of rotatable bonds is 11. The molecule has 7 heteroatoms. The van der Waals surface area contributed by atoms with E-state index in [4.69, 9.17) is 14.9 Å². The van der Waals surface area contributed by atoms with Gasteiger partial charge in [-0.15, -0.1) is 0 Å². The van der Waals surface area contributed by atoms with Gasteiger partial charge in [-0.05, 0) is 6.42 Å². The number of nitrogens with zero attached hydrogens (tertiary/aromatic N) is 1. The summed E-state index contributed by atoms with van der Waals surface area (Å²) in [4.78, 5) is 32.9. The van der Waals surface area contributed by atoms with Gasteiger partial charge >= 0.3 is 17.9 Å². The van der Waals surface area contributed by atoms with Gasteiger partial charge in [-0.25, -0.2) is 0 Å². The monoisotopic (exact) mass is 328 g/mol. The van der Waals surface area contributed by atoms with Gasteiger partial charge in [0.25, 0.3) is 0 Å². The third-order valence-corrected chi connectivity index (χ3v) is 2.64. The fraction of sp³-hybridized carbons (Fsp3) is 0.562. The summed E-state index contributed by atoms with van der Waals surface area (Å²) in [5.74, 6) is -2.34. The number of aliphatic carboxylic acids is 2. The Labute approximate surface area is 136 Å². The number of esters is 1. The highest BCUT2D eigenvalue weighted by Gasteiger charge is 2.24. The maximum Gasteiger partial charge on any atom is 0.307 e. The minimum Gasteiger partial charge on any atom is -0.481 e. The molecule has 0 aromatic heterocycles. The Hall–Kier alpha value is -2.15. The molecule has 0 aliphatic carbocycles. The Morgan fingerprint density at radius 3 is 2.17 bits per heavy atom. The highest BCUT2D eigenvalue weighted by molar-refractivity contribution is 5.71. The molecule has 0 saturated carbocycles. The topological polar surface area (TPSA) is 101 Å². The number of carbonyl (C=O) groups is 3. The minimum atomic E-state index is -1.00. The number of allylic oxidation sites excluding steroid dienone is 3. The Bertz CT molecular complexity index is 462. The van der Waals surface area contributed by atoms with Crippen LogP contribution in [0.2, 0.25) is 0 Å². The summed E-state index contributed by atoms with van der Waals surface area (Å²) >= 11 is 0. The summed E-state index contributed by atoms with van der Waals surface area (Å²) in [5.41, 5.74) is 0. The van der Waals surface area contributed by atoms with Crippen LogP contribution in [0, 0.1) is 0 Å². The Balaban J connectivity index is 4.21. The van der Waals surface area contributed by atoms with Crippen molar-refractivity contribution in [2.45, 2.75) is 31.8 Å². The summed E-state index contributed by atoms with van der Waals surface area (Å²) < 4.78 is 5.73. The van der Waals surface area contributed by atoms with Gasteiger partial charge in [-0.3, -0.25) is 14.4 Å². The van der Waals surface area contributed by atoms with E-state index in [-0.39, 0.29) is 19.3 Å². The Morgan fingerprint density at radius 1 is 1.04 bits per heavy atom. The van der Waals surface area contributed by atoms with E-state index in [0.29, 0.717) is 17.4 Å². The third-order valence-electron chi connectivity index (χ3n) is 2.64. The molecule has 0 aliphatic heterocycles. The second kappa shape index (κ2) is 10.6. The van der Waals surface area contributed by atoms with Gasteiger partial charge in [0.1, 0.15) is 6.54 Å². The zero-order valence-corrected chi connectivity index (χ0v) is 13.9. The van der Waals surface area contributed by atoms with Crippen LogP contribution in [0.5, 0.6) is 0 Å². The Morgan fingerprint density at radius 2 is 1.65 bits per heavy atom. The number of hydrogen-bond donors (Lipinski definition) is 2. The van der Waals surface area contributed by atoms with Crippen molar-refractivity contribution in [1.29, 1.82) is 0 Å². The largest absolute Gasteiger partial charge is 0.481 e. The first kappa shape index (κ1) is 20.9. The molecular formula is C16H26NO6+. The summed E-state index contributed by atoms with van der Waals surface area (Å²) in [5, 5.41) is 17.3. The van der Waals surface area contributed by atoms with Crippen molar-refractivity contribution < 1.29 is 33.8 Å². The zero-order valence-electron chi connectivity index (χ0n) is 13.9. The molecule has 23 heavy (non-hydrogen) atoms. The summed E-state index contributed by atoms with van der Waals surface area (Å²) in [6, 6.07) is 0. The first-order valence-corrected chi connectivity index (χ1v) is 7.35. The van der Waals surface area contributed by atoms with Gasteiger partial charge in [0.15, 0.2) is 6.10 Å². The molecule has 0 aromatic carbocycles. The molecule has 2 N–H and O–H groups in total. The molecule has 130 valence electrons. The van der Waals surface area contributed by atoms with Crippen molar-refractivity contribution in [1.82, 2.24) is 0 Å². The van der Waals surface area contributed by atoms with Crippen molar-refractivity contribution in [2.75, 3.05) is 27.7 Å². The third kappa shape index (κ3) is 14.5. The first-order valence-electron chi connectivity index (χ1n) is 7.35. The van der Waals surface area contributed by atoms with Crippen molar-refractivity contribution in [2.24, 2.45) is 0 Å². The fourth-order valence-corrected chi connectivity index (χ4v) is 1.82. The van der Waals surface area contributed by atoms with Gasteiger partial charge < -0.3 is 19.4 Å². The molecule has 1 atom stereocenters. The molecule has 0 fully saturated rings. The second-order valence-corrected chi connectivity index (χ2v) is 6.18. The van der Waals surface area contributed by atoms with Gasteiger partial charge in [-0.1, -0.05) is 24.3 Å². The lowest BCUT2D eigenvalue weighted by Crippen LogP contribution is -2.43. The highest BCUT2D eigenvalue weighted by atomic mass is 16.5. The second-order valence-electron chi connectivity index (χ2n) is 6.18. The quantitative estimate of drug-likeness (QED) is 0.338. The minimum absolute atomic E-state index is 0.0473. The number of quaternary nitrogens is 1. The Kier molecular flexibility index (Phi) is 9.57. The number of carboxylic acids is 2. The lowest BCUT2D eigenvalue weighted by atomic mass is 10.2. The summed E-state index contributed by atoms with van der Waals surface area (Å²) in [6.45, 7) is 0.422. The molecule has 0 heterocycles. The molecule has 0 spiro atoms. The average Bonchev–Trinajstić information content (AvgIpc) is 2.34. The standard InChI is InChI=1S/C16H25NO6/c1-17(2,3)12-13(11-15(20)21)23-16(22)10-8-6-4-5-7-9-14(18)19/h4-7,13H,8-12H2,1-3H3,(H-,18,19,20,21)/p+1/b6-4+,7-5+. The van der Waals surface area contributed by atoms with Crippen LogP contribution >= 0.6 is 0 Å². The summed E-state index contributed by atoms with van der Waals surface area (Å²) in [7, 11) is 5.69. The van der Waals surface area contributed by atoms with Crippen LogP contribution in [0.1, 0.15) is 25.7 Å². The van der Waals surface area contributed by atoms with Crippen LogP contribution in [-0.2, 0) is 19.1 Å². The molecule has 0 aliphatic rings. The van der Waals surface area contributed by atoms with Crippen LogP contribution in [0.15, 0.2) is 24.3 Å². The SMILES string of the molecule is C[N+](C)(C)CC(CC(=O)O)OC(=O)CC/C=C/C=C/CC(=O)O. The van der Waals surface area contributed by atoms with E-state index in [9.17, 15) is 14.4 Å². The van der Waals surface area contributed by atoms with E-state index in [1.165, 1.54) is 6.08 Å². The van der Waals surface area contributed by atoms with E-state index in [2.05, 4.69) is 0 Å². The van der Waals surface area contributed by atoms with E-state index in [1.54, 1.807) is 18.2 Å². The number of ether oxygens (including phenoxy) is 1. The van der Waals surface area contributed by atoms with E-state index < -0.39 is 24.0 Å². The molecule has 7 nitrogen and oxygen atoms in total. The van der Waals surface area contributed by atoms with Crippen molar-refractivity contribution in [3.8, 4) is 0 Å². The molecule has 0 rings (SSSR count). The molecule has 0 aromatic rings. The molecule has 0 bridgehead atoms. The smallest absolute Gasteiger partial charge is 0.307 e. The van der Waals surface area contributed by atoms with E-state index in [1.807, 2.05) is 21.1 Å². The predicted octanol–water partition coefficient (Wildman–Crippen LogP) is 1.45. The molecule has 0 saturated heterocycles. The molecular weight excluding hydrogens is 302 g/mol. The van der Waals surface area contributed by atoms with Crippen LogP contribution < -0.4 is 0 Å². The average molecular weight is 328 g/mol. The number of carboxylic acid groups (broad SMARTS) is 2. The predicted molar refractivity (Wildman–Crippen MR) is 84.8 cm³/mol.